The van der Waals surface area contributed by atoms with Crippen LogP contribution >= 0.6 is 0 Å². The molecule has 4 nitrogen and oxygen atoms in total. The second-order valence-electron chi connectivity index (χ2n) is 4.83. The molecule has 1 amide bonds. The Morgan fingerprint density at radius 3 is 2.50 bits per heavy atom. The number of alkyl halides is 3. The number of hydrogen-bond acceptors (Lipinski definition) is 3. The molecular weight excluding hydrogens is 323 g/mol. The van der Waals surface area contributed by atoms with E-state index < -0.39 is 23.2 Å². The number of benzene rings is 2. The Labute approximate surface area is 137 Å². The van der Waals surface area contributed by atoms with E-state index in [4.69, 9.17) is 9.47 Å². The number of hydrogen-bond donors (Lipinski definition) is 1. The molecule has 0 aliphatic rings. The van der Waals surface area contributed by atoms with Gasteiger partial charge in [-0.05, 0) is 24.3 Å². The minimum atomic E-state index is -4.58. The third-order valence-electron chi connectivity index (χ3n) is 3.17. The van der Waals surface area contributed by atoms with Crippen LogP contribution in [0.3, 0.4) is 0 Å². The van der Waals surface area contributed by atoms with Crippen LogP contribution in [0.2, 0.25) is 0 Å². The van der Waals surface area contributed by atoms with Gasteiger partial charge in [-0.25, -0.2) is 0 Å². The number of ether oxygens (including phenoxy) is 2. The summed E-state index contributed by atoms with van der Waals surface area (Å²) in [5.74, 6) is 0.368. The lowest BCUT2D eigenvalue weighted by Crippen LogP contribution is -2.30. The van der Waals surface area contributed by atoms with E-state index in [-0.39, 0.29) is 13.2 Å². The summed E-state index contributed by atoms with van der Waals surface area (Å²) in [6.45, 7) is 0.190. The van der Waals surface area contributed by atoms with Crippen LogP contribution in [0, 0.1) is 0 Å². The van der Waals surface area contributed by atoms with Gasteiger partial charge >= 0.3 is 6.18 Å². The number of amides is 1. The number of methoxy groups -OCH3 is 1. The summed E-state index contributed by atoms with van der Waals surface area (Å²) < 4.78 is 49.1. The first kappa shape index (κ1) is 17.7. The van der Waals surface area contributed by atoms with Crippen molar-refractivity contribution in [1.82, 2.24) is 5.32 Å². The predicted octanol–water partition coefficient (Wildman–Crippen LogP) is 3.52. The molecule has 0 atom stereocenters. The molecule has 0 unspecified atom stereocenters. The lowest BCUT2D eigenvalue weighted by atomic mass is 10.1. The Morgan fingerprint density at radius 1 is 1.08 bits per heavy atom. The molecule has 2 aromatic carbocycles. The smallest absolute Gasteiger partial charge is 0.417 e. The fourth-order valence-corrected chi connectivity index (χ4v) is 2.05. The third kappa shape index (κ3) is 4.65. The summed E-state index contributed by atoms with van der Waals surface area (Å²) in [4.78, 5) is 11.9. The molecule has 0 aliphatic heterocycles. The van der Waals surface area contributed by atoms with Crippen molar-refractivity contribution in [2.45, 2.75) is 6.18 Å². The van der Waals surface area contributed by atoms with E-state index >= 15 is 0 Å². The van der Waals surface area contributed by atoms with Crippen molar-refractivity contribution in [2.24, 2.45) is 0 Å². The average Bonchev–Trinajstić information content (AvgIpc) is 2.58. The van der Waals surface area contributed by atoms with Gasteiger partial charge in [0.2, 0.25) is 0 Å². The van der Waals surface area contributed by atoms with E-state index in [1.54, 1.807) is 24.3 Å². The largest absolute Gasteiger partial charge is 0.497 e. The number of carbonyl (C=O) groups is 1. The van der Waals surface area contributed by atoms with Crippen LogP contribution in [-0.2, 0) is 6.18 Å². The second kappa shape index (κ2) is 7.72. The number of halogens is 3. The van der Waals surface area contributed by atoms with E-state index in [9.17, 15) is 18.0 Å². The molecule has 7 heteroatoms. The molecule has 0 saturated heterocycles. The Bertz CT molecular complexity index is 701. The molecule has 0 aromatic heterocycles. The first-order valence-corrected chi connectivity index (χ1v) is 7.13. The van der Waals surface area contributed by atoms with Crippen LogP contribution < -0.4 is 14.8 Å². The minimum absolute atomic E-state index is 0.0717. The van der Waals surface area contributed by atoms with Gasteiger partial charge in [0.25, 0.3) is 5.91 Å². The highest BCUT2D eigenvalue weighted by atomic mass is 19.4. The molecule has 0 heterocycles. The molecule has 24 heavy (non-hydrogen) atoms. The zero-order valence-electron chi connectivity index (χ0n) is 12.9. The van der Waals surface area contributed by atoms with Crippen molar-refractivity contribution in [3.63, 3.8) is 0 Å². The van der Waals surface area contributed by atoms with Gasteiger partial charge in [0.15, 0.2) is 0 Å². The molecule has 2 rings (SSSR count). The van der Waals surface area contributed by atoms with E-state index in [0.717, 1.165) is 12.1 Å². The normalized spacial score (nSPS) is 11.0. The summed E-state index contributed by atoms with van der Waals surface area (Å²) >= 11 is 0. The Kier molecular flexibility index (Phi) is 5.68. The molecule has 0 fully saturated rings. The van der Waals surface area contributed by atoms with Crippen molar-refractivity contribution in [1.29, 1.82) is 0 Å². The average molecular weight is 339 g/mol. The fraction of sp³-hybridized carbons (Fsp3) is 0.235. The minimum Gasteiger partial charge on any atom is -0.497 e. The highest BCUT2D eigenvalue weighted by molar-refractivity contribution is 5.95. The van der Waals surface area contributed by atoms with E-state index in [1.165, 1.54) is 19.2 Å². The van der Waals surface area contributed by atoms with Gasteiger partial charge < -0.3 is 14.8 Å². The van der Waals surface area contributed by atoms with Crippen LogP contribution in [0.25, 0.3) is 0 Å². The highest BCUT2D eigenvalue weighted by Gasteiger charge is 2.34. The van der Waals surface area contributed by atoms with Crippen LogP contribution in [0.1, 0.15) is 15.9 Å². The standard InChI is InChI=1S/C17H16F3NO3/c1-23-12-5-4-6-13(11-12)24-10-9-21-16(22)14-7-2-3-8-15(14)17(18,19)20/h2-8,11H,9-10H2,1H3,(H,21,22). The van der Waals surface area contributed by atoms with Gasteiger partial charge in [-0.2, -0.15) is 13.2 Å². The molecule has 0 bridgehead atoms. The van der Waals surface area contributed by atoms with Gasteiger partial charge in [0.1, 0.15) is 18.1 Å². The molecular formula is C17H16F3NO3. The third-order valence-corrected chi connectivity index (χ3v) is 3.17. The number of carbonyl (C=O) groups excluding carboxylic acids is 1. The SMILES string of the molecule is COc1cccc(OCCNC(=O)c2ccccc2C(F)(F)F)c1. The van der Waals surface area contributed by atoms with E-state index in [0.29, 0.717) is 11.5 Å². The van der Waals surface area contributed by atoms with Crippen LogP contribution in [0.5, 0.6) is 11.5 Å². The zero-order chi connectivity index (χ0) is 17.6. The van der Waals surface area contributed by atoms with Crippen LogP contribution in [0.15, 0.2) is 48.5 Å². The molecule has 0 saturated carbocycles. The van der Waals surface area contributed by atoms with Crippen molar-refractivity contribution >= 4 is 5.91 Å². The Balaban J connectivity index is 1.90. The van der Waals surface area contributed by atoms with Gasteiger partial charge in [0, 0.05) is 6.07 Å². The summed E-state index contributed by atoms with van der Waals surface area (Å²) in [5, 5.41) is 2.42. The van der Waals surface area contributed by atoms with Gasteiger partial charge in [-0.15, -0.1) is 0 Å². The van der Waals surface area contributed by atoms with Crippen molar-refractivity contribution < 1.29 is 27.4 Å². The maximum Gasteiger partial charge on any atom is 0.417 e. The molecule has 2 aromatic rings. The van der Waals surface area contributed by atoms with Gasteiger partial charge in [-0.3, -0.25) is 4.79 Å². The predicted molar refractivity (Wildman–Crippen MR) is 82.3 cm³/mol. The fourth-order valence-electron chi connectivity index (χ4n) is 2.05. The maximum absolute atomic E-state index is 12.9. The maximum atomic E-state index is 12.9. The lowest BCUT2D eigenvalue weighted by molar-refractivity contribution is -0.137. The zero-order valence-corrected chi connectivity index (χ0v) is 12.9. The highest BCUT2D eigenvalue weighted by Crippen LogP contribution is 2.31. The second-order valence-corrected chi connectivity index (χ2v) is 4.83. The molecule has 0 radical (unpaired) electrons. The lowest BCUT2D eigenvalue weighted by Gasteiger charge is -2.13. The summed E-state index contributed by atoms with van der Waals surface area (Å²) in [5.41, 5.74) is -1.37. The van der Waals surface area contributed by atoms with Crippen molar-refractivity contribution in [2.75, 3.05) is 20.3 Å². The van der Waals surface area contributed by atoms with Crippen LogP contribution in [-0.4, -0.2) is 26.2 Å². The summed E-state index contributed by atoms with van der Waals surface area (Å²) in [6.07, 6.45) is -4.58. The van der Waals surface area contributed by atoms with E-state index in [1.807, 2.05) is 0 Å². The van der Waals surface area contributed by atoms with Crippen LogP contribution in [0.4, 0.5) is 13.2 Å². The first-order chi connectivity index (χ1) is 11.4. The van der Waals surface area contributed by atoms with Crippen molar-refractivity contribution in [3.8, 4) is 11.5 Å². The Hall–Kier alpha value is -2.70. The summed E-state index contributed by atoms with van der Waals surface area (Å²) in [7, 11) is 1.53. The molecule has 0 spiro atoms. The molecule has 0 aliphatic carbocycles. The van der Waals surface area contributed by atoms with E-state index in [2.05, 4.69) is 5.32 Å². The first-order valence-electron chi connectivity index (χ1n) is 7.13. The topological polar surface area (TPSA) is 47.6 Å². The Morgan fingerprint density at radius 2 is 1.79 bits per heavy atom. The van der Waals surface area contributed by atoms with Gasteiger partial charge in [0.05, 0.1) is 24.8 Å². The number of nitrogens with one attached hydrogen (secondary N) is 1. The monoisotopic (exact) mass is 339 g/mol. The van der Waals surface area contributed by atoms with Gasteiger partial charge in [-0.1, -0.05) is 18.2 Å². The molecule has 128 valence electrons. The summed E-state index contributed by atoms with van der Waals surface area (Å²) in [6, 6.07) is 11.5. The van der Waals surface area contributed by atoms with Crippen molar-refractivity contribution in [3.05, 3.63) is 59.7 Å². The quantitative estimate of drug-likeness (QED) is 0.819. The molecule has 1 N–H and O–H groups in total. The number of rotatable bonds is 6.